The molecule has 0 aromatic carbocycles. The number of anilines is 2. The van der Waals surface area contributed by atoms with Gasteiger partial charge in [0.2, 0.25) is 0 Å². The molecule has 1 heterocycles. The fraction of sp³-hybridized carbons (Fsp3) is 0.636. The number of nitrogens with zero attached hydrogens (tertiary/aromatic N) is 1. The summed E-state index contributed by atoms with van der Waals surface area (Å²) in [4.78, 5) is 15.9. The average Bonchev–Trinajstić information content (AvgIpc) is 2.65. The largest absolute Gasteiger partial charge is 0.391 e. The first-order chi connectivity index (χ1) is 9.23. The molecule has 1 amide bonds. The van der Waals surface area contributed by atoms with E-state index in [1.165, 1.54) is 6.92 Å². The van der Waals surface area contributed by atoms with Crippen molar-refractivity contribution in [1.82, 2.24) is 10.3 Å². The highest BCUT2D eigenvalue weighted by molar-refractivity contribution is 7.18. The Morgan fingerprint density at radius 1 is 1.50 bits per heavy atom. The van der Waals surface area contributed by atoms with Gasteiger partial charge in [0.25, 0.3) is 5.91 Å². The molecule has 0 spiro atoms. The van der Waals surface area contributed by atoms with E-state index >= 15 is 0 Å². The lowest BCUT2D eigenvalue weighted by molar-refractivity contribution is -0.138. The molecular weight excluding hydrogens is 293 g/mol. The number of thiazole rings is 1. The van der Waals surface area contributed by atoms with Crippen LogP contribution in [0.4, 0.5) is 24.1 Å². The summed E-state index contributed by atoms with van der Waals surface area (Å²) in [7, 11) is 0. The van der Waals surface area contributed by atoms with Gasteiger partial charge in [-0.2, -0.15) is 13.2 Å². The molecule has 1 unspecified atom stereocenters. The maximum Gasteiger partial charge on any atom is 0.391 e. The highest BCUT2D eigenvalue weighted by Gasteiger charge is 2.31. The summed E-state index contributed by atoms with van der Waals surface area (Å²) in [6, 6.07) is -1.02. The molecule has 1 atom stereocenters. The van der Waals surface area contributed by atoms with E-state index in [-0.39, 0.29) is 10.7 Å². The first kappa shape index (κ1) is 16.5. The van der Waals surface area contributed by atoms with Crippen molar-refractivity contribution in [2.24, 2.45) is 0 Å². The Bertz CT molecular complexity index is 461. The zero-order chi connectivity index (χ0) is 15.3. The Kier molecular flexibility index (Phi) is 5.61. The van der Waals surface area contributed by atoms with E-state index in [0.29, 0.717) is 11.7 Å². The van der Waals surface area contributed by atoms with Gasteiger partial charge in [0.05, 0.1) is 6.42 Å². The number of nitrogens with one attached hydrogen (secondary N) is 2. The maximum atomic E-state index is 12.2. The molecule has 1 rings (SSSR count). The maximum absolute atomic E-state index is 12.2. The van der Waals surface area contributed by atoms with E-state index in [1.807, 2.05) is 6.92 Å². The molecule has 5 nitrogen and oxygen atoms in total. The zero-order valence-corrected chi connectivity index (χ0v) is 12.0. The monoisotopic (exact) mass is 310 g/mol. The van der Waals surface area contributed by atoms with Gasteiger partial charge in [0, 0.05) is 12.6 Å². The molecule has 0 aliphatic heterocycles. The average molecular weight is 310 g/mol. The number of nitrogens with two attached hydrogens (primary N) is 1. The summed E-state index contributed by atoms with van der Waals surface area (Å²) in [5.74, 6) is -0.619. The van der Waals surface area contributed by atoms with Gasteiger partial charge in [-0.05, 0) is 13.3 Å². The molecule has 4 N–H and O–H groups in total. The fourth-order valence-electron chi connectivity index (χ4n) is 1.49. The minimum atomic E-state index is -4.32. The van der Waals surface area contributed by atoms with E-state index in [0.717, 1.165) is 17.8 Å². The standard InChI is InChI=1S/C11H17F3N4OS/c1-3-4-16-10-18-8(15)7(20-10)9(19)17-6(2)5-11(12,13)14/h6H,3-5,15H2,1-2H3,(H,16,18)(H,17,19). The first-order valence-corrected chi connectivity index (χ1v) is 6.92. The Morgan fingerprint density at radius 3 is 2.70 bits per heavy atom. The molecular formula is C11H17F3N4OS. The van der Waals surface area contributed by atoms with E-state index in [9.17, 15) is 18.0 Å². The molecule has 0 fully saturated rings. The van der Waals surface area contributed by atoms with Gasteiger partial charge < -0.3 is 16.4 Å². The van der Waals surface area contributed by atoms with Gasteiger partial charge in [-0.25, -0.2) is 4.98 Å². The van der Waals surface area contributed by atoms with Crippen LogP contribution in [0.2, 0.25) is 0 Å². The van der Waals surface area contributed by atoms with Crippen molar-refractivity contribution in [3.63, 3.8) is 0 Å². The molecule has 20 heavy (non-hydrogen) atoms. The fourth-order valence-corrected chi connectivity index (χ4v) is 2.30. The number of aromatic nitrogens is 1. The molecule has 1 aromatic heterocycles. The van der Waals surface area contributed by atoms with Gasteiger partial charge in [0.15, 0.2) is 5.13 Å². The lowest BCUT2D eigenvalue weighted by Gasteiger charge is -2.15. The number of amides is 1. The van der Waals surface area contributed by atoms with Crippen LogP contribution in [0.3, 0.4) is 0 Å². The number of hydrogen-bond acceptors (Lipinski definition) is 5. The lowest BCUT2D eigenvalue weighted by Crippen LogP contribution is -2.35. The van der Waals surface area contributed by atoms with Crippen LogP contribution in [0.1, 0.15) is 36.4 Å². The van der Waals surface area contributed by atoms with Crippen molar-refractivity contribution in [3.05, 3.63) is 4.88 Å². The number of rotatable bonds is 6. The topological polar surface area (TPSA) is 80.0 Å². The summed E-state index contributed by atoms with van der Waals surface area (Å²) in [5, 5.41) is 5.72. The van der Waals surface area contributed by atoms with E-state index < -0.39 is 24.5 Å². The zero-order valence-electron chi connectivity index (χ0n) is 11.2. The quantitative estimate of drug-likeness (QED) is 0.754. The van der Waals surface area contributed by atoms with Gasteiger partial charge in [-0.3, -0.25) is 4.79 Å². The smallest absolute Gasteiger partial charge is 0.382 e. The third-order valence-corrected chi connectivity index (χ3v) is 3.33. The highest BCUT2D eigenvalue weighted by Crippen LogP contribution is 2.26. The minimum Gasteiger partial charge on any atom is -0.382 e. The second-order valence-electron chi connectivity index (χ2n) is 4.35. The van der Waals surface area contributed by atoms with Gasteiger partial charge in [0.1, 0.15) is 10.7 Å². The number of alkyl halides is 3. The molecule has 0 saturated heterocycles. The summed E-state index contributed by atoms with van der Waals surface area (Å²) in [5.41, 5.74) is 5.59. The number of halogens is 3. The normalized spacial score (nSPS) is 13.1. The van der Waals surface area contributed by atoms with Crippen LogP contribution in [-0.2, 0) is 0 Å². The second-order valence-corrected chi connectivity index (χ2v) is 5.35. The molecule has 0 saturated carbocycles. The highest BCUT2D eigenvalue weighted by atomic mass is 32.1. The summed E-state index contributed by atoms with van der Waals surface area (Å²) in [6.07, 6.45) is -4.53. The lowest BCUT2D eigenvalue weighted by atomic mass is 10.2. The molecule has 0 aliphatic carbocycles. The van der Waals surface area contributed by atoms with Crippen LogP contribution in [0.15, 0.2) is 0 Å². The van der Waals surface area contributed by atoms with Crippen LogP contribution >= 0.6 is 11.3 Å². The predicted octanol–water partition coefficient (Wildman–Crippen LogP) is 2.62. The van der Waals surface area contributed by atoms with Crippen molar-refractivity contribution < 1.29 is 18.0 Å². The second kappa shape index (κ2) is 6.78. The van der Waals surface area contributed by atoms with Crippen LogP contribution in [-0.4, -0.2) is 29.7 Å². The predicted molar refractivity (Wildman–Crippen MR) is 72.9 cm³/mol. The summed E-state index contributed by atoms with van der Waals surface area (Å²) < 4.78 is 36.6. The molecule has 0 bridgehead atoms. The van der Waals surface area contributed by atoms with Crippen molar-refractivity contribution in [2.75, 3.05) is 17.6 Å². The van der Waals surface area contributed by atoms with Gasteiger partial charge in [-0.15, -0.1) is 0 Å². The van der Waals surface area contributed by atoms with Crippen LogP contribution < -0.4 is 16.4 Å². The molecule has 0 radical (unpaired) electrons. The molecule has 114 valence electrons. The number of nitrogen functional groups attached to an aromatic ring is 1. The third-order valence-electron chi connectivity index (χ3n) is 2.30. The van der Waals surface area contributed by atoms with Crippen LogP contribution in [0, 0.1) is 0 Å². The van der Waals surface area contributed by atoms with Crippen molar-refractivity contribution in [1.29, 1.82) is 0 Å². The van der Waals surface area contributed by atoms with E-state index in [1.54, 1.807) is 0 Å². The third kappa shape index (κ3) is 5.24. The van der Waals surface area contributed by atoms with E-state index in [4.69, 9.17) is 5.73 Å². The first-order valence-electron chi connectivity index (χ1n) is 6.10. The Balaban J connectivity index is 2.65. The molecule has 0 aliphatic rings. The SMILES string of the molecule is CCCNc1nc(N)c(C(=O)NC(C)CC(F)(F)F)s1. The Hall–Kier alpha value is -1.51. The van der Waals surface area contributed by atoms with Crippen molar-refractivity contribution in [2.45, 2.75) is 38.9 Å². The number of carbonyl (C=O) groups excluding carboxylic acids is 1. The number of hydrogen-bond donors (Lipinski definition) is 3. The van der Waals surface area contributed by atoms with Crippen molar-refractivity contribution in [3.8, 4) is 0 Å². The van der Waals surface area contributed by atoms with Gasteiger partial charge >= 0.3 is 6.18 Å². The molecule has 9 heteroatoms. The minimum absolute atomic E-state index is 0.0188. The number of carbonyl (C=O) groups is 1. The summed E-state index contributed by atoms with van der Waals surface area (Å²) >= 11 is 1.03. The van der Waals surface area contributed by atoms with Crippen LogP contribution in [0.5, 0.6) is 0 Å². The van der Waals surface area contributed by atoms with Crippen LogP contribution in [0.25, 0.3) is 0 Å². The van der Waals surface area contributed by atoms with Crippen molar-refractivity contribution >= 4 is 28.2 Å². The van der Waals surface area contributed by atoms with E-state index in [2.05, 4.69) is 15.6 Å². The Morgan fingerprint density at radius 2 is 2.15 bits per heavy atom. The summed E-state index contributed by atoms with van der Waals surface area (Å²) in [6.45, 7) is 3.94. The van der Waals surface area contributed by atoms with Gasteiger partial charge in [-0.1, -0.05) is 18.3 Å². The molecule has 1 aromatic rings. The Labute approximate surface area is 118 Å².